The fraction of sp³-hybridized carbons (Fsp3) is 0.0500. The quantitative estimate of drug-likeness (QED) is 0.369. The van der Waals surface area contributed by atoms with Crippen LogP contribution in [-0.4, -0.2) is 4.98 Å². The Kier molecular flexibility index (Phi) is 3.98. The molecule has 0 saturated carbocycles. The molecular weight excluding hydrogens is 366 g/mol. The van der Waals surface area contributed by atoms with E-state index in [9.17, 15) is 0 Å². The summed E-state index contributed by atoms with van der Waals surface area (Å²) in [6, 6.07) is 25.6. The summed E-state index contributed by atoms with van der Waals surface area (Å²) in [6.07, 6.45) is 0. The molecule has 0 aliphatic carbocycles. The van der Waals surface area contributed by atoms with Crippen molar-refractivity contribution in [3.05, 3.63) is 78.4 Å². The van der Waals surface area contributed by atoms with E-state index in [1.807, 2.05) is 6.07 Å². The molecule has 0 aliphatic heterocycles. The van der Waals surface area contributed by atoms with Gasteiger partial charge in [0, 0.05) is 10.9 Å². The number of hydrogen-bond acceptors (Lipinski definition) is 2. The Balaban J connectivity index is 1.66. The van der Waals surface area contributed by atoms with Crippen molar-refractivity contribution in [3.63, 3.8) is 0 Å². The second kappa shape index (κ2) is 6.26. The van der Waals surface area contributed by atoms with Crippen LogP contribution in [0, 0.1) is 0 Å². The number of alkyl halides is 1. The SMILES string of the molecule is BrCc1ccc(-c2ccc(-c3nc4ccccc4s3)cc2)cc1. The van der Waals surface area contributed by atoms with Gasteiger partial charge in [0.1, 0.15) is 5.01 Å². The number of nitrogens with zero attached hydrogens (tertiary/aromatic N) is 1. The highest BCUT2D eigenvalue weighted by molar-refractivity contribution is 9.08. The van der Waals surface area contributed by atoms with Crippen LogP contribution in [0.5, 0.6) is 0 Å². The molecular formula is C20H14BrNS. The van der Waals surface area contributed by atoms with Crippen molar-refractivity contribution >= 4 is 37.5 Å². The minimum absolute atomic E-state index is 0.893. The summed E-state index contributed by atoms with van der Waals surface area (Å²) in [5.41, 5.74) is 6.01. The molecule has 1 aromatic heterocycles. The zero-order valence-corrected chi connectivity index (χ0v) is 14.8. The standard InChI is InChI=1S/C20H14BrNS/c21-13-14-5-7-15(8-6-14)16-9-11-17(12-10-16)20-22-18-3-1-2-4-19(18)23-20/h1-12H,13H2. The van der Waals surface area contributed by atoms with E-state index >= 15 is 0 Å². The number of fused-ring (bicyclic) bond motifs is 1. The van der Waals surface area contributed by atoms with Crippen LogP contribution in [0.1, 0.15) is 5.56 Å². The molecule has 4 aromatic rings. The van der Waals surface area contributed by atoms with Crippen molar-refractivity contribution in [1.29, 1.82) is 0 Å². The van der Waals surface area contributed by atoms with Crippen LogP contribution in [0.15, 0.2) is 72.8 Å². The summed E-state index contributed by atoms with van der Waals surface area (Å²) < 4.78 is 1.23. The van der Waals surface area contributed by atoms with Crippen LogP contribution in [0.3, 0.4) is 0 Å². The average molecular weight is 380 g/mol. The molecule has 3 heteroatoms. The highest BCUT2D eigenvalue weighted by Gasteiger charge is 2.06. The van der Waals surface area contributed by atoms with E-state index in [2.05, 4.69) is 82.7 Å². The lowest BCUT2D eigenvalue weighted by atomic mass is 10.0. The van der Waals surface area contributed by atoms with Gasteiger partial charge >= 0.3 is 0 Å². The first-order valence-electron chi connectivity index (χ1n) is 7.45. The molecule has 3 aromatic carbocycles. The third-order valence-corrected chi connectivity index (χ3v) is 5.60. The molecule has 0 radical (unpaired) electrons. The van der Waals surface area contributed by atoms with E-state index in [4.69, 9.17) is 4.98 Å². The molecule has 0 fully saturated rings. The van der Waals surface area contributed by atoms with Gasteiger partial charge in [-0.3, -0.25) is 0 Å². The van der Waals surface area contributed by atoms with Gasteiger partial charge in [-0.2, -0.15) is 0 Å². The third-order valence-electron chi connectivity index (χ3n) is 3.87. The molecule has 0 spiro atoms. The van der Waals surface area contributed by atoms with Gasteiger partial charge in [0.2, 0.25) is 0 Å². The smallest absolute Gasteiger partial charge is 0.124 e. The monoisotopic (exact) mass is 379 g/mol. The van der Waals surface area contributed by atoms with Gasteiger partial charge in [0.15, 0.2) is 0 Å². The van der Waals surface area contributed by atoms with Gasteiger partial charge in [-0.15, -0.1) is 11.3 Å². The van der Waals surface area contributed by atoms with Crippen LogP contribution in [0.25, 0.3) is 31.9 Å². The van der Waals surface area contributed by atoms with Gasteiger partial charge in [-0.25, -0.2) is 4.98 Å². The molecule has 1 nitrogen and oxygen atoms in total. The maximum Gasteiger partial charge on any atom is 0.124 e. The largest absolute Gasteiger partial charge is 0.236 e. The first-order valence-corrected chi connectivity index (χ1v) is 9.38. The predicted molar refractivity (Wildman–Crippen MR) is 103 cm³/mol. The predicted octanol–water partition coefficient (Wildman–Crippen LogP) is 6.53. The van der Waals surface area contributed by atoms with Gasteiger partial charge in [0.25, 0.3) is 0 Å². The Morgan fingerprint density at radius 1 is 0.739 bits per heavy atom. The van der Waals surface area contributed by atoms with Crippen molar-refractivity contribution in [2.75, 3.05) is 0 Å². The van der Waals surface area contributed by atoms with E-state index < -0.39 is 0 Å². The highest BCUT2D eigenvalue weighted by Crippen LogP contribution is 2.31. The van der Waals surface area contributed by atoms with Crippen molar-refractivity contribution in [2.45, 2.75) is 5.33 Å². The van der Waals surface area contributed by atoms with Gasteiger partial charge in [-0.1, -0.05) is 76.6 Å². The summed E-state index contributed by atoms with van der Waals surface area (Å²) >= 11 is 5.22. The molecule has 0 atom stereocenters. The van der Waals surface area contributed by atoms with Crippen LogP contribution in [0.4, 0.5) is 0 Å². The van der Waals surface area contributed by atoms with Gasteiger partial charge in [-0.05, 0) is 28.8 Å². The number of hydrogen-bond donors (Lipinski definition) is 0. The van der Waals surface area contributed by atoms with Crippen LogP contribution in [0.2, 0.25) is 0 Å². The summed E-state index contributed by atoms with van der Waals surface area (Å²) in [5, 5.41) is 1.97. The minimum Gasteiger partial charge on any atom is -0.236 e. The van der Waals surface area contributed by atoms with E-state index in [-0.39, 0.29) is 0 Å². The maximum absolute atomic E-state index is 4.72. The van der Waals surface area contributed by atoms with E-state index in [1.165, 1.54) is 27.0 Å². The lowest BCUT2D eigenvalue weighted by Crippen LogP contribution is -1.81. The molecule has 1 heterocycles. The first-order chi connectivity index (χ1) is 11.3. The average Bonchev–Trinajstić information content (AvgIpc) is 3.06. The molecule has 0 unspecified atom stereocenters. The topological polar surface area (TPSA) is 12.9 Å². The Morgan fingerprint density at radius 2 is 1.35 bits per heavy atom. The van der Waals surface area contributed by atoms with Crippen LogP contribution >= 0.6 is 27.3 Å². The number of halogens is 1. The molecule has 0 N–H and O–H groups in total. The molecule has 4 rings (SSSR count). The van der Waals surface area contributed by atoms with Crippen molar-refractivity contribution in [1.82, 2.24) is 4.98 Å². The lowest BCUT2D eigenvalue weighted by Gasteiger charge is -2.04. The van der Waals surface area contributed by atoms with Gasteiger partial charge in [0.05, 0.1) is 10.2 Å². The second-order valence-corrected chi connectivity index (χ2v) is 6.99. The van der Waals surface area contributed by atoms with Crippen molar-refractivity contribution in [2.24, 2.45) is 0 Å². The summed E-state index contributed by atoms with van der Waals surface area (Å²) in [5.74, 6) is 0. The van der Waals surface area contributed by atoms with E-state index in [0.29, 0.717) is 0 Å². The van der Waals surface area contributed by atoms with Gasteiger partial charge < -0.3 is 0 Å². The first kappa shape index (κ1) is 14.6. The fourth-order valence-corrected chi connectivity index (χ4v) is 3.93. The molecule has 0 bridgehead atoms. The normalized spacial score (nSPS) is 11.0. The molecule has 0 saturated heterocycles. The Hall–Kier alpha value is -1.97. The highest BCUT2D eigenvalue weighted by atomic mass is 79.9. The van der Waals surface area contributed by atoms with E-state index in [1.54, 1.807) is 11.3 Å². The fourth-order valence-electron chi connectivity index (χ4n) is 2.59. The third kappa shape index (κ3) is 2.94. The Morgan fingerprint density at radius 3 is 2.00 bits per heavy atom. The van der Waals surface area contributed by atoms with Crippen molar-refractivity contribution < 1.29 is 0 Å². The summed E-state index contributed by atoms with van der Waals surface area (Å²) in [7, 11) is 0. The number of benzene rings is 3. The van der Waals surface area contributed by atoms with E-state index in [0.717, 1.165) is 15.9 Å². The second-order valence-electron chi connectivity index (χ2n) is 5.39. The molecule has 0 aliphatic rings. The summed E-state index contributed by atoms with van der Waals surface area (Å²) in [6.45, 7) is 0. The zero-order valence-electron chi connectivity index (χ0n) is 12.4. The lowest BCUT2D eigenvalue weighted by molar-refractivity contribution is 1.43. The van der Waals surface area contributed by atoms with Crippen LogP contribution < -0.4 is 0 Å². The number of aromatic nitrogens is 1. The molecule has 112 valence electrons. The molecule has 23 heavy (non-hydrogen) atoms. The number of para-hydroxylation sites is 1. The Bertz CT molecular complexity index is 906. The minimum atomic E-state index is 0.893. The zero-order chi connectivity index (χ0) is 15.6. The van der Waals surface area contributed by atoms with Crippen LogP contribution in [-0.2, 0) is 5.33 Å². The maximum atomic E-state index is 4.72. The number of rotatable bonds is 3. The van der Waals surface area contributed by atoms with Crippen molar-refractivity contribution in [3.8, 4) is 21.7 Å². The Labute approximate surface area is 147 Å². The summed E-state index contributed by atoms with van der Waals surface area (Å²) in [4.78, 5) is 4.72. The number of thiazole rings is 1. The molecule has 0 amide bonds.